The Morgan fingerprint density at radius 2 is 1.73 bits per heavy atom. The van der Waals surface area contributed by atoms with Gasteiger partial charge in [0.25, 0.3) is 0 Å². The van der Waals surface area contributed by atoms with Crippen LogP contribution in [0.1, 0.15) is 19.4 Å². The fraction of sp³-hybridized carbons (Fsp3) is 0.500. The van der Waals surface area contributed by atoms with E-state index in [0.717, 1.165) is 19.1 Å². The third-order valence-electron chi connectivity index (χ3n) is 1.94. The molecular weight excluding hydrogens is 202 g/mol. The van der Waals surface area contributed by atoms with Crippen LogP contribution >= 0.6 is 0 Å². The van der Waals surface area contributed by atoms with Crippen molar-refractivity contribution >= 4 is 9.76 Å². The van der Waals surface area contributed by atoms with Crippen molar-refractivity contribution in [3.63, 3.8) is 0 Å². The van der Waals surface area contributed by atoms with Crippen molar-refractivity contribution in [2.75, 3.05) is 20.2 Å². The number of nitrogens with one attached hydrogen (secondary N) is 1. The van der Waals surface area contributed by atoms with Crippen LogP contribution in [0.25, 0.3) is 0 Å². The van der Waals surface area contributed by atoms with Gasteiger partial charge in [-0.15, -0.1) is 0 Å². The maximum atomic E-state index is 5.08. The fourth-order valence-electron chi connectivity index (χ4n) is 1.11. The molecule has 1 aromatic carbocycles. The summed E-state index contributed by atoms with van der Waals surface area (Å²) in [5, 5.41) is 3.11. The zero-order chi connectivity index (χ0) is 11.4. The Hall–Kier alpha value is -0.643. The largest absolute Gasteiger partial charge is 0.427 e. The lowest BCUT2D eigenvalue weighted by atomic mass is 10.2. The first-order valence-electron chi connectivity index (χ1n) is 5.58. The average Bonchev–Trinajstić information content (AvgIpc) is 2.30. The van der Waals surface area contributed by atoms with Gasteiger partial charge >= 0.3 is 0 Å². The van der Waals surface area contributed by atoms with Gasteiger partial charge in [-0.05, 0) is 24.7 Å². The molecule has 86 valence electrons. The van der Waals surface area contributed by atoms with E-state index in [1.807, 2.05) is 6.07 Å². The second-order valence-corrected chi connectivity index (χ2v) is 4.67. The van der Waals surface area contributed by atoms with Gasteiger partial charge < -0.3 is 9.74 Å². The molecule has 0 radical (unpaired) electrons. The molecule has 0 aromatic heterocycles. The highest BCUT2D eigenvalue weighted by atomic mass is 28.2. The van der Waals surface area contributed by atoms with Crippen LogP contribution in [0.4, 0.5) is 0 Å². The number of benzene rings is 1. The maximum Gasteiger partial charge on any atom is 0.165 e. The SMILES string of the molecule is CCNCC.CO[SiH2]Cc1ccccc1. The number of hydrogen-bond donors (Lipinski definition) is 1. The second kappa shape index (κ2) is 11.4. The molecule has 3 heteroatoms. The third kappa shape index (κ3) is 9.66. The van der Waals surface area contributed by atoms with E-state index < -0.39 is 0 Å². The van der Waals surface area contributed by atoms with E-state index in [-0.39, 0.29) is 9.76 Å². The Balaban J connectivity index is 0.000000336. The summed E-state index contributed by atoms with van der Waals surface area (Å²) in [5.41, 5.74) is 1.40. The van der Waals surface area contributed by atoms with E-state index >= 15 is 0 Å². The minimum Gasteiger partial charge on any atom is -0.427 e. The highest BCUT2D eigenvalue weighted by molar-refractivity contribution is 6.26. The first-order chi connectivity index (χ1) is 7.35. The molecule has 0 fully saturated rings. The molecule has 0 saturated carbocycles. The summed E-state index contributed by atoms with van der Waals surface area (Å²) in [4.78, 5) is 0. The van der Waals surface area contributed by atoms with Crippen LogP contribution in [0.5, 0.6) is 0 Å². The first-order valence-corrected chi connectivity index (χ1v) is 7.16. The summed E-state index contributed by atoms with van der Waals surface area (Å²) >= 11 is 0. The van der Waals surface area contributed by atoms with Crippen LogP contribution in [0.15, 0.2) is 30.3 Å². The van der Waals surface area contributed by atoms with Gasteiger partial charge in [0.1, 0.15) is 0 Å². The van der Waals surface area contributed by atoms with E-state index in [1.54, 1.807) is 7.11 Å². The Kier molecular flexibility index (Phi) is 10.9. The Morgan fingerprint density at radius 1 is 1.13 bits per heavy atom. The van der Waals surface area contributed by atoms with Crippen LogP contribution in [0.3, 0.4) is 0 Å². The van der Waals surface area contributed by atoms with Crippen molar-refractivity contribution in [3.8, 4) is 0 Å². The molecule has 2 nitrogen and oxygen atoms in total. The van der Waals surface area contributed by atoms with Gasteiger partial charge in [0.15, 0.2) is 9.76 Å². The predicted octanol–water partition coefficient (Wildman–Crippen LogP) is 1.53. The predicted molar refractivity (Wildman–Crippen MR) is 69.9 cm³/mol. The molecule has 1 aromatic rings. The molecule has 0 spiro atoms. The van der Waals surface area contributed by atoms with Gasteiger partial charge in [-0.2, -0.15) is 0 Å². The summed E-state index contributed by atoms with van der Waals surface area (Å²) in [5.74, 6) is 0. The zero-order valence-corrected chi connectivity index (χ0v) is 11.5. The molecule has 15 heavy (non-hydrogen) atoms. The van der Waals surface area contributed by atoms with Crippen molar-refractivity contribution in [1.29, 1.82) is 0 Å². The van der Waals surface area contributed by atoms with E-state index in [1.165, 1.54) is 5.56 Å². The van der Waals surface area contributed by atoms with Crippen LogP contribution < -0.4 is 5.32 Å². The summed E-state index contributed by atoms with van der Waals surface area (Å²) in [6, 6.07) is 11.6. The smallest absolute Gasteiger partial charge is 0.165 e. The van der Waals surface area contributed by atoms with Gasteiger partial charge in [-0.3, -0.25) is 0 Å². The summed E-state index contributed by atoms with van der Waals surface area (Å²) in [7, 11) is 1.51. The lowest BCUT2D eigenvalue weighted by Crippen LogP contribution is -2.09. The number of hydrogen-bond acceptors (Lipinski definition) is 2. The van der Waals surface area contributed by atoms with E-state index in [9.17, 15) is 0 Å². The molecule has 1 rings (SSSR count). The monoisotopic (exact) mass is 225 g/mol. The van der Waals surface area contributed by atoms with E-state index in [0.29, 0.717) is 0 Å². The normalized spacial score (nSPS) is 10.1. The first kappa shape index (κ1) is 14.4. The quantitative estimate of drug-likeness (QED) is 0.768. The minimum absolute atomic E-state index is 0.277. The molecule has 0 aliphatic heterocycles. The average molecular weight is 225 g/mol. The molecule has 0 aliphatic rings. The Morgan fingerprint density at radius 3 is 2.13 bits per heavy atom. The molecule has 0 aliphatic carbocycles. The van der Waals surface area contributed by atoms with Gasteiger partial charge in [-0.1, -0.05) is 44.2 Å². The Bertz CT molecular complexity index is 214. The van der Waals surface area contributed by atoms with Gasteiger partial charge in [0.05, 0.1) is 0 Å². The molecule has 0 bridgehead atoms. The standard InChI is InChI=1S/C8H12OSi.C4H11N/c1-9-10-7-8-5-3-2-4-6-8;1-3-5-4-2/h2-6H,7,10H2,1H3;5H,3-4H2,1-2H3. The maximum absolute atomic E-state index is 5.08. The van der Waals surface area contributed by atoms with E-state index in [4.69, 9.17) is 4.43 Å². The second-order valence-electron chi connectivity index (χ2n) is 3.19. The third-order valence-corrected chi connectivity index (χ3v) is 3.13. The van der Waals surface area contributed by atoms with Crippen LogP contribution in [0, 0.1) is 0 Å². The molecule has 0 heterocycles. The molecule has 1 N–H and O–H groups in total. The molecule has 0 amide bonds. The van der Waals surface area contributed by atoms with Crippen LogP contribution in [-0.2, 0) is 10.5 Å². The summed E-state index contributed by atoms with van der Waals surface area (Å²) < 4.78 is 5.08. The molecule has 0 atom stereocenters. The van der Waals surface area contributed by atoms with Crippen molar-refractivity contribution in [2.45, 2.75) is 19.9 Å². The minimum atomic E-state index is -0.277. The highest BCUT2D eigenvalue weighted by Gasteiger charge is 1.88. The topological polar surface area (TPSA) is 21.3 Å². The Labute approximate surface area is 96.0 Å². The highest BCUT2D eigenvalue weighted by Crippen LogP contribution is 1.97. The molecular formula is C12H23NOSi. The molecule has 0 saturated heterocycles. The lowest BCUT2D eigenvalue weighted by molar-refractivity contribution is 0.441. The number of rotatable bonds is 5. The van der Waals surface area contributed by atoms with Crippen molar-refractivity contribution < 1.29 is 4.43 Å². The van der Waals surface area contributed by atoms with Gasteiger partial charge in [-0.25, -0.2) is 0 Å². The van der Waals surface area contributed by atoms with Crippen molar-refractivity contribution in [3.05, 3.63) is 35.9 Å². The van der Waals surface area contributed by atoms with Crippen molar-refractivity contribution in [2.24, 2.45) is 0 Å². The van der Waals surface area contributed by atoms with Gasteiger partial charge in [0.2, 0.25) is 0 Å². The summed E-state index contributed by atoms with van der Waals surface area (Å²) in [6.45, 7) is 6.39. The van der Waals surface area contributed by atoms with E-state index in [2.05, 4.69) is 43.4 Å². The summed E-state index contributed by atoms with van der Waals surface area (Å²) in [6.07, 6.45) is 0. The van der Waals surface area contributed by atoms with Crippen LogP contribution in [-0.4, -0.2) is 30.0 Å². The fourth-order valence-corrected chi connectivity index (χ4v) is 1.89. The van der Waals surface area contributed by atoms with Crippen molar-refractivity contribution in [1.82, 2.24) is 5.32 Å². The lowest BCUT2D eigenvalue weighted by Gasteiger charge is -1.96. The zero-order valence-electron chi connectivity index (χ0n) is 10.1. The van der Waals surface area contributed by atoms with Gasteiger partial charge in [0, 0.05) is 7.11 Å². The molecule has 0 unspecified atom stereocenters. The van der Waals surface area contributed by atoms with Crippen LogP contribution in [0.2, 0.25) is 0 Å².